The largest absolute Gasteiger partial charge is 0.315 e. The first-order chi connectivity index (χ1) is 8.20. The molecular formula is C14H19N3. The summed E-state index contributed by atoms with van der Waals surface area (Å²) in [6, 6.07) is 12.4. The Hall–Kier alpha value is -1.84. The molecule has 0 atom stereocenters. The van der Waals surface area contributed by atoms with E-state index in [-0.39, 0.29) is 0 Å². The molecule has 1 aromatic rings. The van der Waals surface area contributed by atoms with Gasteiger partial charge in [0.05, 0.1) is 12.1 Å². The second-order valence-corrected chi connectivity index (χ2v) is 3.72. The Morgan fingerprint density at radius 2 is 1.47 bits per heavy atom. The van der Waals surface area contributed by atoms with E-state index in [0.717, 1.165) is 0 Å². The molecule has 1 N–H and O–H groups in total. The van der Waals surface area contributed by atoms with Crippen molar-refractivity contribution in [3.8, 4) is 12.1 Å². The summed E-state index contributed by atoms with van der Waals surface area (Å²) in [5, 5.41) is 19.1. The fourth-order valence-corrected chi connectivity index (χ4v) is 1.22. The molecule has 0 bridgehead atoms. The van der Waals surface area contributed by atoms with Gasteiger partial charge in [-0.05, 0) is 13.8 Å². The van der Waals surface area contributed by atoms with Crippen molar-refractivity contribution in [1.29, 1.82) is 10.5 Å². The number of aryl methyl sites for hydroxylation is 2. The molecular weight excluding hydrogens is 210 g/mol. The van der Waals surface area contributed by atoms with Gasteiger partial charge in [0, 0.05) is 25.9 Å². The van der Waals surface area contributed by atoms with Crippen LogP contribution in [0.5, 0.6) is 0 Å². The average Bonchev–Trinajstić information content (AvgIpc) is 2.29. The number of hydrogen-bond donors (Lipinski definition) is 1. The zero-order valence-corrected chi connectivity index (χ0v) is 10.5. The predicted molar refractivity (Wildman–Crippen MR) is 69.2 cm³/mol. The maximum Gasteiger partial charge on any atom is 0.0635 e. The van der Waals surface area contributed by atoms with Crippen LogP contribution in [0.25, 0.3) is 0 Å². The Balaban J connectivity index is 0.000000302. The number of nitrogens with zero attached hydrogens (tertiary/aromatic N) is 2. The van der Waals surface area contributed by atoms with E-state index in [9.17, 15) is 0 Å². The molecule has 0 heterocycles. The number of rotatable bonds is 4. The van der Waals surface area contributed by atoms with Gasteiger partial charge in [0.15, 0.2) is 0 Å². The molecule has 3 nitrogen and oxygen atoms in total. The summed E-state index contributed by atoms with van der Waals surface area (Å²) in [4.78, 5) is 0. The first-order valence-electron chi connectivity index (χ1n) is 5.68. The van der Waals surface area contributed by atoms with Crippen molar-refractivity contribution in [1.82, 2.24) is 5.32 Å². The van der Waals surface area contributed by atoms with E-state index in [1.807, 2.05) is 12.1 Å². The third-order valence-electron chi connectivity index (χ3n) is 2.00. The van der Waals surface area contributed by atoms with Crippen molar-refractivity contribution >= 4 is 0 Å². The Bertz CT molecular complexity index is 352. The van der Waals surface area contributed by atoms with Gasteiger partial charge in [-0.3, -0.25) is 0 Å². The van der Waals surface area contributed by atoms with Crippen molar-refractivity contribution in [2.45, 2.75) is 26.7 Å². The SMILES string of the molecule is Cc1cccc(C)c1.N#CCCNCCC#N. The molecule has 0 saturated heterocycles. The predicted octanol–water partition coefficient (Wildman–Crippen LogP) is 2.71. The van der Waals surface area contributed by atoms with Gasteiger partial charge < -0.3 is 5.32 Å². The van der Waals surface area contributed by atoms with Crippen LogP contribution >= 0.6 is 0 Å². The maximum absolute atomic E-state index is 8.07. The summed E-state index contributed by atoms with van der Waals surface area (Å²) in [5.74, 6) is 0. The van der Waals surface area contributed by atoms with Crippen LogP contribution in [-0.4, -0.2) is 13.1 Å². The van der Waals surface area contributed by atoms with Crippen molar-refractivity contribution in [2.24, 2.45) is 0 Å². The molecule has 0 unspecified atom stereocenters. The number of benzene rings is 1. The van der Waals surface area contributed by atoms with E-state index < -0.39 is 0 Å². The fraction of sp³-hybridized carbons (Fsp3) is 0.429. The number of nitrogens with one attached hydrogen (secondary N) is 1. The number of hydrogen-bond acceptors (Lipinski definition) is 3. The van der Waals surface area contributed by atoms with Crippen LogP contribution in [0, 0.1) is 36.5 Å². The fourth-order valence-electron chi connectivity index (χ4n) is 1.22. The second-order valence-electron chi connectivity index (χ2n) is 3.72. The van der Waals surface area contributed by atoms with Gasteiger partial charge in [-0.15, -0.1) is 0 Å². The molecule has 0 aliphatic heterocycles. The molecule has 0 saturated carbocycles. The van der Waals surface area contributed by atoms with Crippen molar-refractivity contribution < 1.29 is 0 Å². The van der Waals surface area contributed by atoms with Crippen LogP contribution in [0.15, 0.2) is 24.3 Å². The molecule has 17 heavy (non-hydrogen) atoms. The lowest BCUT2D eigenvalue weighted by Gasteiger charge is -1.93. The molecule has 0 aliphatic rings. The van der Waals surface area contributed by atoms with Crippen molar-refractivity contribution in [2.75, 3.05) is 13.1 Å². The zero-order chi connectivity index (χ0) is 12.9. The average molecular weight is 229 g/mol. The highest BCUT2D eigenvalue weighted by atomic mass is 14.8. The minimum atomic E-state index is 0.519. The summed E-state index contributed by atoms with van der Waals surface area (Å²) in [6.07, 6.45) is 1.04. The van der Waals surface area contributed by atoms with Crippen LogP contribution in [0.2, 0.25) is 0 Å². The quantitative estimate of drug-likeness (QED) is 0.807. The van der Waals surface area contributed by atoms with E-state index in [1.165, 1.54) is 11.1 Å². The highest BCUT2D eigenvalue weighted by Crippen LogP contribution is 2.00. The third-order valence-corrected chi connectivity index (χ3v) is 2.00. The molecule has 3 heteroatoms. The molecule has 0 aromatic heterocycles. The second kappa shape index (κ2) is 10.7. The van der Waals surface area contributed by atoms with Crippen molar-refractivity contribution in [3.05, 3.63) is 35.4 Å². The Kier molecular flexibility index (Phi) is 9.52. The minimum Gasteiger partial charge on any atom is -0.315 e. The van der Waals surface area contributed by atoms with Crippen LogP contribution < -0.4 is 5.32 Å². The van der Waals surface area contributed by atoms with Crippen molar-refractivity contribution in [3.63, 3.8) is 0 Å². The summed E-state index contributed by atoms with van der Waals surface area (Å²) in [6.45, 7) is 5.59. The van der Waals surface area contributed by atoms with Gasteiger partial charge in [0.2, 0.25) is 0 Å². The zero-order valence-electron chi connectivity index (χ0n) is 10.5. The Morgan fingerprint density at radius 3 is 1.76 bits per heavy atom. The molecule has 0 radical (unpaired) electrons. The Labute approximate surface area is 104 Å². The van der Waals surface area contributed by atoms with E-state index in [2.05, 4.69) is 43.4 Å². The standard InChI is InChI=1S/C8H10.C6H9N3/c1-7-4-3-5-8(2)6-7;7-3-1-5-9-6-2-4-8/h3-6H,1-2H3;9H,1-2,5-6H2. The normalized spacial score (nSPS) is 8.47. The van der Waals surface area contributed by atoms with Gasteiger partial charge >= 0.3 is 0 Å². The van der Waals surface area contributed by atoms with Crippen LogP contribution in [0.3, 0.4) is 0 Å². The third kappa shape index (κ3) is 10.4. The first-order valence-corrected chi connectivity index (χ1v) is 5.68. The molecule has 90 valence electrons. The van der Waals surface area contributed by atoms with Gasteiger partial charge in [-0.1, -0.05) is 35.4 Å². The first kappa shape index (κ1) is 15.2. The van der Waals surface area contributed by atoms with E-state index in [0.29, 0.717) is 25.9 Å². The van der Waals surface area contributed by atoms with Crippen LogP contribution in [0.4, 0.5) is 0 Å². The van der Waals surface area contributed by atoms with Crippen LogP contribution in [0.1, 0.15) is 24.0 Å². The summed E-state index contributed by atoms with van der Waals surface area (Å²) < 4.78 is 0. The van der Waals surface area contributed by atoms with Crippen LogP contribution in [-0.2, 0) is 0 Å². The summed E-state index contributed by atoms with van der Waals surface area (Å²) in [7, 11) is 0. The lowest BCUT2D eigenvalue weighted by atomic mass is 10.2. The Morgan fingerprint density at radius 1 is 1.00 bits per heavy atom. The van der Waals surface area contributed by atoms with Gasteiger partial charge in [-0.25, -0.2) is 0 Å². The molecule has 0 fully saturated rings. The minimum absolute atomic E-state index is 0.519. The summed E-state index contributed by atoms with van der Waals surface area (Å²) in [5.41, 5.74) is 2.68. The lowest BCUT2D eigenvalue weighted by Crippen LogP contribution is -2.15. The topological polar surface area (TPSA) is 59.6 Å². The highest BCUT2D eigenvalue weighted by molar-refractivity contribution is 5.20. The monoisotopic (exact) mass is 229 g/mol. The van der Waals surface area contributed by atoms with E-state index in [1.54, 1.807) is 0 Å². The maximum atomic E-state index is 8.07. The highest BCUT2D eigenvalue weighted by Gasteiger charge is 1.83. The molecule has 1 rings (SSSR count). The van der Waals surface area contributed by atoms with Gasteiger partial charge in [0.25, 0.3) is 0 Å². The number of nitriles is 2. The molecule has 0 aliphatic carbocycles. The lowest BCUT2D eigenvalue weighted by molar-refractivity contribution is 0.704. The smallest absolute Gasteiger partial charge is 0.0635 e. The molecule has 0 spiro atoms. The van der Waals surface area contributed by atoms with Gasteiger partial charge in [-0.2, -0.15) is 10.5 Å². The molecule has 0 amide bonds. The van der Waals surface area contributed by atoms with Gasteiger partial charge in [0.1, 0.15) is 0 Å². The summed E-state index contributed by atoms with van der Waals surface area (Å²) >= 11 is 0. The molecule has 1 aromatic carbocycles. The van der Waals surface area contributed by atoms with E-state index in [4.69, 9.17) is 10.5 Å². The van der Waals surface area contributed by atoms with E-state index >= 15 is 0 Å².